The molecule has 2 heterocycles. The van der Waals surface area contributed by atoms with Crippen LogP contribution in [0.2, 0.25) is 0 Å². The van der Waals surface area contributed by atoms with Crippen molar-refractivity contribution in [3.05, 3.63) is 22.4 Å². The molecule has 2 rings (SSSR count). The number of hydrogen-bond acceptors (Lipinski definition) is 3. The number of carboxylic acid groups (broad SMARTS) is 1. The molecule has 0 aliphatic carbocycles. The molecule has 0 radical (unpaired) electrons. The van der Waals surface area contributed by atoms with E-state index < -0.39 is 36.0 Å². The van der Waals surface area contributed by atoms with E-state index in [1.807, 2.05) is 0 Å². The van der Waals surface area contributed by atoms with Crippen molar-refractivity contribution in [1.29, 1.82) is 0 Å². The molecule has 0 spiro atoms. The van der Waals surface area contributed by atoms with Crippen molar-refractivity contribution in [3.63, 3.8) is 0 Å². The molecule has 0 aromatic carbocycles. The SMILES string of the molecule is Cc1c(C(F)(F)F)nc(N2CCCC(F)(F)CC2)c(C(=O)O)c1C. The molecule has 0 amide bonds. The van der Waals surface area contributed by atoms with Crippen molar-refractivity contribution in [2.75, 3.05) is 18.0 Å². The highest BCUT2D eigenvalue weighted by Crippen LogP contribution is 2.37. The Balaban J connectivity index is 2.59. The Morgan fingerprint density at radius 3 is 2.33 bits per heavy atom. The fraction of sp³-hybridized carbons (Fsp3) is 0.600. The average molecular weight is 352 g/mol. The Morgan fingerprint density at radius 2 is 1.79 bits per heavy atom. The zero-order valence-corrected chi connectivity index (χ0v) is 13.2. The van der Waals surface area contributed by atoms with Gasteiger partial charge in [0.2, 0.25) is 5.92 Å². The predicted octanol–water partition coefficient (Wildman–Crippen LogP) is 4.04. The summed E-state index contributed by atoms with van der Waals surface area (Å²) in [4.78, 5) is 16.2. The molecule has 0 unspecified atom stereocenters. The van der Waals surface area contributed by atoms with Crippen LogP contribution in [0, 0.1) is 13.8 Å². The van der Waals surface area contributed by atoms with Crippen molar-refractivity contribution in [2.45, 2.75) is 45.2 Å². The van der Waals surface area contributed by atoms with Crippen molar-refractivity contribution < 1.29 is 31.9 Å². The third-order valence-corrected chi connectivity index (χ3v) is 4.23. The number of nitrogens with zero attached hydrogens (tertiary/aromatic N) is 2. The normalized spacial score (nSPS) is 18.4. The number of halogens is 5. The number of anilines is 1. The van der Waals surface area contributed by atoms with Crippen molar-refractivity contribution in [3.8, 4) is 0 Å². The molecule has 1 aromatic rings. The predicted molar refractivity (Wildman–Crippen MR) is 76.7 cm³/mol. The number of carbonyl (C=O) groups is 1. The minimum atomic E-state index is -4.75. The molecule has 24 heavy (non-hydrogen) atoms. The van der Waals surface area contributed by atoms with Crippen molar-refractivity contribution in [1.82, 2.24) is 4.98 Å². The Bertz CT molecular complexity index is 658. The third kappa shape index (κ3) is 3.59. The maximum absolute atomic E-state index is 13.5. The number of aromatic carboxylic acids is 1. The molecular formula is C15H17F5N2O2. The van der Waals surface area contributed by atoms with E-state index in [1.165, 1.54) is 11.8 Å². The van der Waals surface area contributed by atoms with E-state index >= 15 is 0 Å². The first kappa shape index (κ1) is 18.4. The van der Waals surface area contributed by atoms with Gasteiger partial charge in [0.25, 0.3) is 0 Å². The first-order chi connectivity index (χ1) is 10.9. The van der Waals surface area contributed by atoms with Crippen LogP contribution >= 0.6 is 0 Å². The Kier molecular flexibility index (Phi) is 4.74. The molecule has 1 fully saturated rings. The van der Waals surface area contributed by atoms with E-state index in [1.54, 1.807) is 0 Å². The molecule has 0 saturated carbocycles. The van der Waals surface area contributed by atoms with Crippen LogP contribution in [-0.2, 0) is 6.18 Å². The zero-order valence-electron chi connectivity index (χ0n) is 13.2. The maximum Gasteiger partial charge on any atom is 0.433 e. The van der Waals surface area contributed by atoms with Crippen LogP contribution in [0.1, 0.15) is 46.4 Å². The fourth-order valence-corrected chi connectivity index (χ4v) is 2.82. The molecule has 1 N–H and O–H groups in total. The molecule has 1 aromatic heterocycles. The standard InChI is InChI=1S/C15H17F5N2O2/c1-8-9(2)11(15(18,19)20)21-12(10(8)13(23)24)22-6-3-4-14(16,17)5-7-22/h3-7H2,1-2H3,(H,23,24). The van der Waals surface area contributed by atoms with Gasteiger partial charge in [0.15, 0.2) is 0 Å². The molecule has 1 aliphatic rings. The van der Waals surface area contributed by atoms with Gasteiger partial charge in [-0.15, -0.1) is 0 Å². The first-order valence-electron chi connectivity index (χ1n) is 7.38. The number of rotatable bonds is 2. The van der Waals surface area contributed by atoms with Crippen LogP contribution in [0.5, 0.6) is 0 Å². The largest absolute Gasteiger partial charge is 0.478 e. The number of pyridine rings is 1. The molecular weight excluding hydrogens is 335 g/mol. The van der Waals surface area contributed by atoms with E-state index in [0.29, 0.717) is 0 Å². The van der Waals surface area contributed by atoms with E-state index in [-0.39, 0.29) is 42.6 Å². The highest BCUT2D eigenvalue weighted by atomic mass is 19.4. The summed E-state index contributed by atoms with van der Waals surface area (Å²) >= 11 is 0. The van der Waals surface area contributed by atoms with Gasteiger partial charge in [-0.2, -0.15) is 13.2 Å². The summed E-state index contributed by atoms with van der Waals surface area (Å²) in [6.45, 7) is 2.20. The minimum Gasteiger partial charge on any atom is -0.478 e. The lowest BCUT2D eigenvalue weighted by molar-refractivity contribution is -0.141. The minimum absolute atomic E-state index is 0.0304. The van der Waals surface area contributed by atoms with Crippen LogP contribution in [0.3, 0.4) is 0 Å². The van der Waals surface area contributed by atoms with E-state index in [9.17, 15) is 31.9 Å². The Labute approximate surface area is 135 Å². The van der Waals surface area contributed by atoms with Crippen LogP contribution in [0.25, 0.3) is 0 Å². The van der Waals surface area contributed by atoms with E-state index in [0.717, 1.165) is 6.92 Å². The molecule has 134 valence electrons. The summed E-state index contributed by atoms with van der Waals surface area (Å²) in [5, 5.41) is 9.37. The Hall–Kier alpha value is -1.93. The second kappa shape index (κ2) is 6.18. The van der Waals surface area contributed by atoms with Gasteiger partial charge < -0.3 is 10.0 Å². The Morgan fingerprint density at radius 1 is 1.17 bits per heavy atom. The number of hydrogen-bond donors (Lipinski definition) is 1. The van der Waals surface area contributed by atoms with Gasteiger partial charge in [-0.3, -0.25) is 0 Å². The molecule has 0 bridgehead atoms. The van der Waals surface area contributed by atoms with Crippen molar-refractivity contribution >= 4 is 11.8 Å². The molecule has 4 nitrogen and oxygen atoms in total. The number of aromatic nitrogens is 1. The van der Waals surface area contributed by atoms with Crippen LogP contribution in [0.4, 0.5) is 27.8 Å². The lowest BCUT2D eigenvalue weighted by Crippen LogP contribution is -2.30. The summed E-state index contributed by atoms with van der Waals surface area (Å²) in [6.07, 6.45) is -5.65. The van der Waals surface area contributed by atoms with Gasteiger partial charge in [0.05, 0.1) is 0 Å². The van der Waals surface area contributed by atoms with E-state index in [2.05, 4.69) is 4.98 Å². The smallest absolute Gasteiger partial charge is 0.433 e. The molecule has 9 heteroatoms. The van der Waals surface area contributed by atoms with Crippen LogP contribution in [0.15, 0.2) is 0 Å². The maximum atomic E-state index is 13.5. The number of carboxylic acids is 1. The summed E-state index contributed by atoms with van der Waals surface area (Å²) in [5.74, 6) is -4.73. The molecule has 1 saturated heterocycles. The summed E-state index contributed by atoms with van der Waals surface area (Å²) in [7, 11) is 0. The lowest BCUT2D eigenvalue weighted by Gasteiger charge is -2.26. The highest BCUT2D eigenvalue weighted by molar-refractivity contribution is 5.95. The van der Waals surface area contributed by atoms with Crippen molar-refractivity contribution in [2.24, 2.45) is 0 Å². The summed E-state index contributed by atoms with van der Waals surface area (Å²) < 4.78 is 66.5. The van der Waals surface area contributed by atoms with Gasteiger partial charge in [-0.05, 0) is 31.4 Å². The van der Waals surface area contributed by atoms with Gasteiger partial charge >= 0.3 is 12.1 Å². The summed E-state index contributed by atoms with van der Waals surface area (Å²) in [6, 6.07) is 0. The first-order valence-corrected chi connectivity index (χ1v) is 7.38. The third-order valence-electron chi connectivity index (χ3n) is 4.23. The van der Waals surface area contributed by atoms with E-state index in [4.69, 9.17) is 0 Å². The van der Waals surface area contributed by atoms with Crippen LogP contribution in [-0.4, -0.2) is 35.1 Å². The van der Waals surface area contributed by atoms with Gasteiger partial charge in [-0.25, -0.2) is 18.6 Å². The van der Waals surface area contributed by atoms with Gasteiger partial charge in [0.1, 0.15) is 17.1 Å². The average Bonchev–Trinajstić information content (AvgIpc) is 2.60. The van der Waals surface area contributed by atoms with Crippen LogP contribution < -0.4 is 4.90 Å². The topological polar surface area (TPSA) is 53.4 Å². The summed E-state index contributed by atoms with van der Waals surface area (Å²) in [5.41, 5.74) is -1.89. The second-order valence-electron chi connectivity index (χ2n) is 5.91. The quantitative estimate of drug-likeness (QED) is 0.816. The van der Waals surface area contributed by atoms with Gasteiger partial charge in [-0.1, -0.05) is 0 Å². The zero-order chi connectivity index (χ0) is 18.3. The molecule has 0 atom stereocenters. The molecule has 1 aliphatic heterocycles. The fourth-order valence-electron chi connectivity index (χ4n) is 2.82. The number of alkyl halides is 5. The van der Waals surface area contributed by atoms with Gasteiger partial charge in [0, 0.05) is 25.9 Å². The highest BCUT2D eigenvalue weighted by Gasteiger charge is 2.39. The monoisotopic (exact) mass is 352 g/mol. The lowest BCUT2D eigenvalue weighted by atomic mass is 10.0. The second-order valence-corrected chi connectivity index (χ2v) is 5.91.